The minimum Gasteiger partial charge on any atom is -0.349 e. The summed E-state index contributed by atoms with van der Waals surface area (Å²) in [5, 5.41) is 2.91. The number of nitrogens with one attached hydrogen (secondary N) is 1. The number of hydrogen-bond donors (Lipinski definition) is 1. The normalized spacial score (nSPS) is 21.4. The van der Waals surface area contributed by atoms with Crippen molar-refractivity contribution in [3.63, 3.8) is 0 Å². The van der Waals surface area contributed by atoms with Crippen LogP contribution >= 0.6 is 0 Å². The third kappa shape index (κ3) is 5.68. The first kappa shape index (κ1) is 24.0. The van der Waals surface area contributed by atoms with Crippen molar-refractivity contribution in [1.82, 2.24) is 19.7 Å². The van der Waals surface area contributed by atoms with E-state index in [1.165, 1.54) is 32.1 Å². The Labute approximate surface area is 197 Å². The molecule has 33 heavy (non-hydrogen) atoms. The molecule has 2 saturated carbocycles. The first-order chi connectivity index (χ1) is 15.7. The number of carbonyl (C=O) groups excluding carboxylic acids is 2. The molecule has 7 heteroatoms. The van der Waals surface area contributed by atoms with E-state index in [1.54, 1.807) is 17.3 Å². The van der Waals surface area contributed by atoms with Gasteiger partial charge in [0.1, 0.15) is 11.1 Å². The highest BCUT2D eigenvalue weighted by Gasteiger charge is 2.31. The third-order valence-corrected chi connectivity index (χ3v) is 7.45. The molecule has 2 aliphatic carbocycles. The molecule has 1 aromatic heterocycles. The van der Waals surface area contributed by atoms with Gasteiger partial charge in [0.25, 0.3) is 11.8 Å². The molecule has 182 valence electrons. The number of rotatable bonds is 4. The standard InChI is InChI=1S/C26H40N4O3/c1-26(2,3)27-24(32)21-17-30(20-9-5-4-6-10-20)18-22(23(21)31)25(33)29-15-13-28(14-16-29)19-11-7-8-12-19/h17-20H,4-16H2,1-3H3,(H,27,32). The molecule has 0 aromatic carbocycles. The Bertz CT molecular complexity index is 912. The molecule has 0 spiro atoms. The highest BCUT2D eigenvalue weighted by atomic mass is 16.2. The SMILES string of the molecule is CC(C)(C)NC(=O)c1cn(C2CCCCC2)cc(C(=O)N2CCN(C3CCCC3)CC2)c1=O. The lowest BCUT2D eigenvalue weighted by Gasteiger charge is -2.38. The van der Waals surface area contributed by atoms with Crippen molar-refractivity contribution in [1.29, 1.82) is 0 Å². The van der Waals surface area contributed by atoms with Gasteiger partial charge in [0.15, 0.2) is 0 Å². The zero-order chi connectivity index (χ0) is 23.6. The fraction of sp³-hybridized carbons (Fsp3) is 0.731. The fourth-order valence-electron chi connectivity index (χ4n) is 5.64. The molecule has 2 amide bonds. The van der Waals surface area contributed by atoms with Gasteiger partial charge in [0, 0.05) is 56.2 Å². The quantitative estimate of drug-likeness (QED) is 0.752. The lowest BCUT2D eigenvalue weighted by atomic mass is 9.95. The highest BCUT2D eigenvalue weighted by molar-refractivity contribution is 5.99. The lowest BCUT2D eigenvalue weighted by molar-refractivity contribution is 0.0571. The van der Waals surface area contributed by atoms with Gasteiger partial charge >= 0.3 is 0 Å². The topological polar surface area (TPSA) is 74.7 Å². The van der Waals surface area contributed by atoms with Gasteiger partial charge in [-0.25, -0.2) is 0 Å². The largest absolute Gasteiger partial charge is 0.349 e. The second-order valence-corrected chi connectivity index (χ2v) is 11.1. The molecule has 0 unspecified atom stereocenters. The number of piperazine rings is 1. The van der Waals surface area contributed by atoms with E-state index < -0.39 is 16.9 Å². The van der Waals surface area contributed by atoms with E-state index in [0.29, 0.717) is 19.1 Å². The van der Waals surface area contributed by atoms with Crippen LogP contribution < -0.4 is 10.7 Å². The number of pyridine rings is 1. The average molecular weight is 457 g/mol. The van der Waals surface area contributed by atoms with E-state index in [9.17, 15) is 14.4 Å². The van der Waals surface area contributed by atoms with E-state index in [0.717, 1.165) is 38.8 Å². The van der Waals surface area contributed by atoms with Gasteiger partial charge in [-0.2, -0.15) is 0 Å². The minimum atomic E-state index is -0.463. The first-order valence-corrected chi connectivity index (χ1v) is 12.8. The lowest BCUT2D eigenvalue weighted by Crippen LogP contribution is -2.52. The Morgan fingerprint density at radius 2 is 1.36 bits per heavy atom. The van der Waals surface area contributed by atoms with E-state index in [-0.39, 0.29) is 23.1 Å². The summed E-state index contributed by atoms with van der Waals surface area (Å²) >= 11 is 0. The Hall–Kier alpha value is -2.15. The number of hydrogen-bond acceptors (Lipinski definition) is 4. The molecule has 1 aliphatic heterocycles. The van der Waals surface area contributed by atoms with E-state index in [2.05, 4.69) is 10.2 Å². The van der Waals surface area contributed by atoms with Crippen molar-refractivity contribution in [3.05, 3.63) is 33.7 Å². The second kappa shape index (κ2) is 10.00. The molecule has 0 atom stereocenters. The zero-order valence-electron chi connectivity index (χ0n) is 20.6. The summed E-state index contributed by atoms with van der Waals surface area (Å²) in [6.45, 7) is 8.66. The van der Waals surface area contributed by atoms with Crippen molar-refractivity contribution in [2.24, 2.45) is 0 Å². The Morgan fingerprint density at radius 3 is 1.97 bits per heavy atom. The molecule has 3 fully saturated rings. The van der Waals surface area contributed by atoms with Crippen molar-refractivity contribution in [2.75, 3.05) is 26.2 Å². The molecule has 2 heterocycles. The summed E-state index contributed by atoms with van der Waals surface area (Å²) in [4.78, 5) is 44.2. The monoisotopic (exact) mass is 456 g/mol. The van der Waals surface area contributed by atoms with E-state index >= 15 is 0 Å². The van der Waals surface area contributed by atoms with Gasteiger partial charge in [0.05, 0.1) is 0 Å². The molecular weight excluding hydrogens is 416 g/mol. The van der Waals surface area contributed by atoms with Crippen LogP contribution in [0.5, 0.6) is 0 Å². The van der Waals surface area contributed by atoms with Crippen molar-refractivity contribution >= 4 is 11.8 Å². The van der Waals surface area contributed by atoms with Gasteiger partial charge in [-0.15, -0.1) is 0 Å². The first-order valence-electron chi connectivity index (χ1n) is 12.8. The molecular formula is C26H40N4O3. The number of amides is 2. The van der Waals surface area contributed by atoms with Gasteiger partial charge < -0.3 is 14.8 Å². The second-order valence-electron chi connectivity index (χ2n) is 11.1. The molecule has 4 rings (SSSR count). The van der Waals surface area contributed by atoms with Crippen LogP contribution in [-0.4, -0.2) is 63.9 Å². The van der Waals surface area contributed by atoms with Gasteiger partial charge in [-0.1, -0.05) is 32.1 Å². The summed E-state index contributed by atoms with van der Waals surface area (Å²) in [5.74, 6) is -0.640. The van der Waals surface area contributed by atoms with Crippen molar-refractivity contribution in [3.8, 4) is 0 Å². The van der Waals surface area contributed by atoms with Crippen molar-refractivity contribution in [2.45, 2.75) is 96.2 Å². The van der Waals surface area contributed by atoms with Crippen LogP contribution in [0.25, 0.3) is 0 Å². The third-order valence-electron chi connectivity index (χ3n) is 7.45. The summed E-state index contributed by atoms with van der Waals surface area (Å²) in [5.41, 5.74) is -0.704. The average Bonchev–Trinajstić information content (AvgIpc) is 3.33. The summed E-state index contributed by atoms with van der Waals surface area (Å²) in [6, 6.07) is 0.876. The van der Waals surface area contributed by atoms with Crippen LogP contribution in [0.15, 0.2) is 17.2 Å². The van der Waals surface area contributed by atoms with E-state index in [4.69, 9.17) is 0 Å². The smallest absolute Gasteiger partial charge is 0.259 e. The highest BCUT2D eigenvalue weighted by Crippen LogP contribution is 2.28. The van der Waals surface area contributed by atoms with Crippen LogP contribution in [0.1, 0.15) is 105 Å². The Kier molecular flexibility index (Phi) is 7.27. The Morgan fingerprint density at radius 1 is 0.818 bits per heavy atom. The molecule has 1 saturated heterocycles. The molecule has 1 N–H and O–H groups in total. The summed E-state index contributed by atoms with van der Waals surface area (Å²) < 4.78 is 1.97. The van der Waals surface area contributed by atoms with Crippen LogP contribution in [0.2, 0.25) is 0 Å². The predicted octanol–water partition coefficient (Wildman–Crippen LogP) is 3.58. The molecule has 7 nitrogen and oxygen atoms in total. The minimum absolute atomic E-state index is 0.0749. The maximum Gasteiger partial charge on any atom is 0.259 e. The maximum atomic E-state index is 13.5. The fourth-order valence-corrected chi connectivity index (χ4v) is 5.64. The van der Waals surface area contributed by atoms with Gasteiger partial charge in [0.2, 0.25) is 5.43 Å². The summed E-state index contributed by atoms with van der Waals surface area (Å²) in [7, 11) is 0. The summed E-state index contributed by atoms with van der Waals surface area (Å²) in [6.07, 6.45) is 14.0. The van der Waals surface area contributed by atoms with Crippen molar-refractivity contribution < 1.29 is 9.59 Å². The Balaban J connectivity index is 1.59. The number of nitrogens with zero attached hydrogens (tertiary/aromatic N) is 3. The molecule has 3 aliphatic rings. The number of aromatic nitrogens is 1. The van der Waals surface area contributed by atoms with Crippen LogP contribution in [-0.2, 0) is 0 Å². The predicted molar refractivity (Wildman–Crippen MR) is 130 cm³/mol. The zero-order valence-corrected chi connectivity index (χ0v) is 20.6. The molecule has 1 aromatic rings. The number of carbonyl (C=O) groups is 2. The van der Waals surface area contributed by atoms with Crippen LogP contribution in [0.4, 0.5) is 0 Å². The maximum absolute atomic E-state index is 13.5. The van der Waals surface area contributed by atoms with Gasteiger partial charge in [-0.3, -0.25) is 19.3 Å². The van der Waals surface area contributed by atoms with Crippen LogP contribution in [0, 0.1) is 0 Å². The van der Waals surface area contributed by atoms with Crippen LogP contribution in [0.3, 0.4) is 0 Å². The van der Waals surface area contributed by atoms with Gasteiger partial charge in [-0.05, 0) is 46.5 Å². The molecule has 0 bridgehead atoms. The molecule has 0 radical (unpaired) electrons. The van der Waals surface area contributed by atoms with E-state index in [1.807, 2.05) is 25.3 Å².